The van der Waals surface area contributed by atoms with Crippen LogP contribution < -0.4 is 11.1 Å². The van der Waals surface area contributed by atoms with Crippen molar-refractivity contribution >= 4 is 5.91 Å². The third-order valence-electron chi connectivity index (χ3n) is 2.73. The number of hydrogen-bond acceptors (Lipinski definition) is 3. The van der Waals surface area contributed by atoms with Gasteiger partial charge in [0.1, 0.15) is 0 Å². The molecular formula is C11H22N2O2. The van der Waals surface area contributed by atoms with E-state index in [-0.39, 0.29) is 11.9 Å². The maximum Gasteiger partial charge on any atom is 0.220 e. The molecule has 0 aromatic rings. The first-order chi connectivity index (χ1) is 7.18. The van der Waals surface area contributed by atoms with E-state index < -0.39 is 0 Å². The van der Waals surface area contributed by atoms with E-state index in [1.807, 2.05) is 6.92 Å². The van der Waals surface area contributed by atoms with Crippen molar-refractivity contribution in [2.45, 2.75) is 38.6 Å². The van der Waals surface area contributed by atoms with E-state index in [1.54, 1.807) is 0 Å². The van der Waals surface area contributed by atoms with Gasteiger partial charge < -0.3 is 15.8 Å². The zero-order chi connectivity index (χ0) is 11.1. The number of carbonyl (C=O) groups excluding carboxylic acids is 1. The normalized spacial score (nSPS) is 22.7. The Bertz CT molecular complexity index is 189. The Kier molecular flexibility index (Phi) is 5.65. The molecule has 0 saturated carbocycles. The van der Waals surface area contributed by atoms with E-state index in [2.05, 4.69) is 5.32 Å². The van der Waals surface area contributed by atoms with Gasteiger partial charge in [0.15, 0.2) is 0 Å². The average molecular weight is 214 g/mol. The third-order valence-corrected chi connectivity index (χ3v) is 2.73. The lowest BCUT2D eigenvalue weighted by Gasteiger charge is -2.09. The summed E-state index contributed by atoms with van der Waals surface area (Å²) >= 11 is 0. The minimum absolute atomic E-state index is 0.141. The van der Waals surface area contributed by atoms with Crippen molar-refractivity contribution in [3.05, 3.63) is 0 Å². The molecular weight excluding hydrogens is 192 g/mol. The molecule has 4 nitrogen and oxygen atoms in total. The zero-order valence-electron chi connectivity index (χ0n) is 9.50. The molecule has 15 heavy (non-hydrogen) atoms. The number of hydrogen-bond donors (Lipinski definition) is 2. The molecule has 0 aliphatic carbocycles. The molecule has 1 aliphatic rings. The topological polar surface area (TPSA) is 64.3 Å². The molecule has 0 aromatic carbocycles. The van der Waals surface area contributed by atoms with Crippen molar-refractivity contribution in [1.82, 2.24) is 5.32 Å². The standard InChI is InChI=1S/C11H22N2O2/c1-9(12)4-6-13-11(14)3-2-10-5-7-15-8-10/h9-10H,2-8,12H2,1H3,(H,13,14). The Morgan fingerprint density at radius 3 is 3.07 bits per heavy atom. The molecule has 1 rings (SSSR count). The summed E-state index contributed by atoms with van der Waals surface area (Å²) in [5.74, 6) is 0.728. The minimum atomic E-state index is 0.141. The number of nitrogens with one attached hydrogen (secondary N) is 1. The number of amides is 1. The molecule has 0 spiro atoms. The predicted octanol–water partition coefficient (Wildman–Crippen LogP) is 0.657. The van der Waals surface area contributed by atoms with Gasteiger partial charge in [-0.05, 0) is 32.1 Å². The van der Waals surface area contributed by atoms with Crippen molar-refractivity contribution in [3.63, 3.8) is 0 Å². The Labute approximate surface area is 91.5 Å². The van der Waals surface area contributed by atoms with Crippen molar-refractivity contribution < 1.29 is 9.53 Å². The summed E-state index contributed by atoms with van der Waals surface area (Å²) < 4.78 is 5.25. The second-order valence-corrected chi connectivity index (χ2v) is 4.38. The first-order valence-corrected chi connectivity index (χ1v) is 5.78. The fraction of sp³-hybridized carbons (Fsp3) is 0.909. The van der Waals surface area contributed by atoms with Gasteiger partial charge in [-0.3, -0.25) is 4.79 Å². The fourth-order valence-electron chi connectivity index (χ4n) is 1.67. The van der Waals surface area contributed by atoms with Gasteiger partial charge in [-0.2, -0.15) is 0 Å². The van der Waals surface area contributed by atoms with E-state index in [9.17, 15) is 4.79 Å². The van der Waals surface area contributed by atoms with Crippen molar-refractivity contribution in [3.8, 4) is 0 Å². The SMILES string of the molecule is CC(N)CCNC(=O)CCC1CCOC1. The molecule has 3 N–H and O–H groups in total. The van der Waals surface area contributed by atoms with E-state index in [0.29, 0.717) is 18.9 Å². The number of carbonyl (C=O) groups is 1. The zero-order valence-corrected chi connectivity index (χ0v) is 9.50. The van der Waals surface area contributed by atoms with Gasteiger partial charge in [0.25, 0.3) is 0 Å². The summed E-state index contributed by atoms with van der Waals surface area (Å²) in [4.78, 5) is 11.4. The van der Waals surface area contributed by atoms with Crippen LogP contribution in [0.25, 0.3) is 0 Å². The molecule has 0 bridgehead atoms. The summed E-state index contributed by atoms with van der Waals surface area (Å²) in [7, 11) is 0. The molecule has 1 amide bonds. The molecule has 1 fully saturated rings. The van der Waals surface area contributed by atoms with Crippen LogP contribution in [-0.2, 0) is 9.53 Å². The molecule has 1 saturated heterocycles. The summed E-state index contributed by atoms with van der Waals surface area (Å²) in [5, 5.41) is 2.88. The molecule has 0 aromatic heterocycles. The molecule has 2 atom stereocenters. The predicted molar refractivity (Wildman–Crippen MR) is 59.4 cm³/mol. The quantitative estimate of drug-likeness (QED) is 0.682. The Balaban J connectivity index is 1.98. The lowest BCUT2D eigenvalue weighted by Crippen LogP contribution is -2.29. The molecule has 2 unspecified atom stereocenters. The van der Waals surface area contributed by atoms with Crippen LogP contribution in [0.4, 0.5) is 0 Å². The molecule has 1 aliphatic heterocycles. The molecule has 1 heterocycles. The minimum Gasteiger partial charge on any atom is -0.381 e. The highest BCUT2D eigenvalue weighted by molar-refractivity contribution is 5.75. The van der Waals surface area contributed by atoms with Crippen molar-refractivity contribution in [2.24, 2.45) is 11.7 Å². The maximum atomic E-state index is 11.4. The molecule has 0 radical (unpaired) electrons. The second kappa shape index (κ2) is 6.80. The highest BCUT2D eigenvalue weighted by atomic mass is 16.5. The van der Waals surface area contributed by atoms with Gasteiger partial charge in [0.05, 0.1) is 0 Å². The second-order valence-electron chi connectivity index (χ2n) is 4.38. The van der Waals surface area contributed by atoms with E-state index in [4.69, 9.17) is 10.5 Å². The van der Waals surface area contributed by atoms with Gasteiger partial charge in [-0.25, -0.2) is 0 Å². The van der Waals surface area contributed by atoms with Crippen LogP contribution in [0.5, 0.6) is 0 Å². The van der Waals surface area contributed by atoms with E-state index >= 15 is 0 Å². The maximum absolute atomic E-state index is 11.4. The third kappa shape index (κ3) is 5.74. The van der Waals surface area contributed by atoms with Crippen LogP contribution in [0, 0.1) is 5.92 Å². The van der Waals surface area contributed by atoms with Gasteiger partial charge in [0.2, 0.25) is 5.91 Å². The smallest absolute Gasteiger partial charge is 0.220 e. The lowest BCUT2D eigenvalue weighted by atomic mass is 10.0. The van der Waals surface area contributed by atoms with Gasteiger partial charge >= 0.3 is 0 Å². The van der Waals surface area contributed by atoms with Gasteiger partial charge in [-0.1, -0.05) is 0 Å². The molecule has 4 heteroatoms. The number of rotatable bonds is 6. The van der Waals surface area contributed by atoms with Gasteiger partial charge in [0, 0.05) is 32.2 Å². The van der Waals surface area contributed by atoms with Crippen LogP contribution in [0.3, 0.4) is 0 Å². The Morgan fingerprint density at radius 1 is 1.67 bits per heavy atom. The Morgan fingerprint density at radius 2 is 2.47 bits per heavy atom. The summed E-state index contributed by atoms with van der Waals surface area (Å²) in [6.45, 7) is 4.32. The van der Waals surface area contributed by atoms with Crippen LogP contribution >= 0.6 is 0 Å². The average Bonchev–Trinajstić information content (AvgIpc) is 2.66. The Hall–Kier alpha value is -0.610. The molecule has 88 valence electrons. The van der Waals surface area contributed by atoms with Crippen LogP contribution in [0.2, 0.25) is 0 Å². The number of ether oxygens (including phenoxy) is 1. The summed E-state index contributed by atoms with van der Waals surface area (Å²) in [6, 6.07) is 0.161. The summed E-state index contributed by atoms with van der Waals surface area (Å²) in [6.07, 6.45) is 3.52. The van der Waals surface area contributed by atoms with Crippen molar-refractivity contribution in [2.75, 3.05) is 19.8 Å². The lowest BCUT2D eigenvalue weighted by molar-refractivity contribution is -0.121. The van der Waals surface area contributed by atoms with Crippen molar-refractivity contribution in [1.29, 1.82) is 0 Å². The van der Waals surface area contributed by atoms with Gasteiger partial charge in [-0.15, -0.1) is 0 Å². The first kappa shape index (κ1) is 12.5. The largest absolute Gasteiger partial charge is 0.381 e. The van der Waals surface area contributed by atoms with Crippen LogP contribution in [0.15, 0.2) is 0 Å². The van der Waals surface area contributed by atoms with E-state index in [1.165, 1.54) is 0 Å². The summed E-state index contributed by atoms with van der Waals surface area (Å²) in [5.41, 5.74) is 5.58. The van der Waals surface area contributed by atoms with E-state index in [0.717, 1.165) is 32.5 Å². The van der Waals surface area contributed by atoms with Crippen LogP contribution in [-0.4, -0.2) is 31.7 Å². The number of nitrogens with two attached hydrogens (primary N) is 1. The highest BCUT2D eigenvalue weighted by Gasteiger charge is 2.16. The fourth-order valence-corrected chi connectivity index (χ4v) is 1.67. The van der Waals surface area contributed by atoms with Crippen LogP contribution in [0.1, 0.15) is 32.6 Å². The monoisotopic (exact) mass is 214 g/mol. The first-order valence-electron chi connectivity index (χ1n) is 5.78. The highest BCUT2D eigenvalue weighted by Crippen LogP contribution is 2.17.